The van der Waals surface area contributed by atoms with Gasteiger partial charge in [-0.25, -0.2) is 14.6 Å². The first-order valence-corrected chi connectivity index (χ1v) is 13.7. The number of Topliss-reactive ketones (excluding diaryl/α,β-unsaturated/α-hetero) is 1. The van der Waals surface area contributed by atoms with Gasteiger partial charge < -0.3 is 19.2 Å². The number of carbonyl (C=O) groups excluding carboxylic acids is 4. The van der Waals surface area contributed by atoms with E-state index >= 15 is 0 Å². The van der Waals surface area contributed by atoms with Crippen LogP contribution in [0.2, 0.25) is 0 Å². The van der Waals surface area contributed by atoms with E-state index in [9.17, 15) is 19.2 Å². The molecule has 1 aromatic heterocycles. The summed E-state index contributed by atoms with van der Waals surface area (Å²) in [5.41, 5.74) is 3.71. The first kappa shape index (κ1) is 32.9. The number of amides is 1. The van der Waals surface area contributed by atoms with Gasteiger partial charge in [-0.1, -0.05) is 63.1 Å². The van der Waals surface area contributed by atoms with Gasteiger partial charge in [0.25, 0.3) is 5.91 Å². The number of oxazole rings is 1. The van der Waals surface area contributed by atoms with Crippen molar-refractivity contribution >= 4 is 23.6 Å². The van der Waals surface area contributed by atoms with E-state index in [4.69, 9.17) is 13.9 Å². The highest BCUT2D eigenvalue weighted by Gasteiger charge is 2.31. The Balaban J connectivity index is 0.000000287. The molecule has 0 radical (unpaired) electrons. The van der Waals surface area contributed by atoms with E-state index in [-0.39, 0.29) is 29.9 Å². The van der Waals surface area contributed by atoms with Crippen LogP contribution in [0.5, 0.6) is 0 Å². The van der Waals surface area contributed by atoms with Crippen LogP contribution in [-0.2, 0) is 19.1 Å². The zero-order valence-corrected chi connectivity index (χ0v) is 25.1. The van der Waals surface area contributed by atoms with Crippen LogP contribution >= 0.6 is 0 Å². The van der Waals surface area contributed by atoms with Gasteiger partial charge in [-0.15, -0.1) is 0 Å². The molecule has 0 bridgehead atoms. The standard InChI is InChI=1S/C16H21NO4.C16H19NO3/c1-5-21-16(20)13(14(18)10(2)3)17-15(19)12-8-6-11(4)7-9-12;1-5-19-16(18)13-14(10(2)3)20-15(17-13)12-8-6-11(4)7-9-12/h6-10,13H,5H2,1-4H3,(H,17,19);6-10H,5H2,1-4H3. The number of nitrogens with zero attached hydrogens (tertiary/aromatic N) is 1. The van der Waals surface area contributed by atoms with Crippen molar-refractivity contribution in [3.8, 4) is 11.5 Å². The molecule has 1 unspecified atom stereocenters. The Morgan fingerprint density at radius 2 is 1.37 bits per heavy atom. The van der Waals surface area contributed by atoms with Crippen LogP contribution in [-0.4, -0.2) is 47.9 Å². The molecule has 41 heavy (non-hydrogen) atoms. The Labute approximate surface area is 241 Å². The van der Waals surface area contributed by atoms with Gasteiger partial charge in [0, 0.05) is 23.0 Å². The molecule has 2 aromatic carbocycles. The second kappa shape index (κ2) is 15.5. The summed E-state index contributed by atoms with van der Waals surface area (Å²) in [6.07, 6.45) is 0. The van der Waals surface area contributed by atoms with E-state index in [2.05, 4.69) is 10.3 Å². The Bertz CT molecular complexity index is 1320. The first-order chi connectivity index (χ1) is 19.4. The van der Waals surface area contributed by atoms with E-state index in [0.29, 0.717) is 23.8 Å². The monoisotopic (exact) mass is 564 g/mol. The zero-order valence-electron chi connectivity index (χ0n) is 25.1. The fourth-order valence-corrected chi connectivity index (χ4v) is 3.61. The maximum absolute atomic E-state index is 12.1. The van der Waals surface area contributed by atoms with Crippen LogP contribution in [0.3, 0.4) is 0 Å². The predicted molar refractivity (Wildman–Crippen MR) is 156 cm³/mol. The summed E-state index contributed by atoms with van der Waals surface area (Å²) in [6.45, 7) is 15.1. The minimum absolute atomic E-state index is 0.0705. The van der Waals surface area contributed by atoms with Crippen LogP contribution in [0, 0.1) is 19.8 Å². The van der Waals surface area contributed by atoms with E-state index in [0.717, 1.165) is 16.7 Å². The Morgan fingerprint density at radius 1 is 0.829 bits per heavy atom. The zero-order chi connectivity index (χ0) is 30.7. The largest absolute Gasteiger partial charge is 0.464 e. The average molecular weight is 565 g/mol. The number of nitrogens with one attached hydrogen (secondary N) is 1. The van der Waals surface area contributed by atoms with Crippen molar-refractivity contribution in [2.24, 2.45) is 5.92 Å². The predicted octanol–water partition coefficient (Wildman–Crippen LogP) is 5.83. The SMILES string of the molecule is CCOC(=O)C(NC(=O)c1ccc(C)cc1)C(=O)C(C)C.CCOC(=O)c1nc(-c2ccc(C)cc2)oc1C(C)C. The summed E-state index contributed by atoms with van der Waals surface area (Å²) < 4.78 is 15.6. The summed E-state index contributed by atoms with van der Waals surface area (Å²) in [4.78, 5) is 52.3. The van der Waals surface area contributed by atoms with Gasteiger partial charge in [0.15, 0.2) is 17.5 Å². The molecule has 3 aromatic rings. The minimum Gasteiger partial charge on any atom is -0.464 e. The van der Waals surface area contributed by atoms with Crippen molar-refractivity contribution in [2.75, 3.05) is 13.2 Å². The second-order valence-electron chi connectivity index (χ2n) is 10.1. The molecule has 0 fully saturated rings. The summed E-state index contributed by atoms with van der Waals surface area (Å²) in [5, 5.41) is 2.46. The van der Waals surface area contributed by atoms with Crippen molar-refractivity contribution in [1.82, 2.24) is 10.3 Å². The Hall–Kier alpha value is -4.27. The normalized spacial score (nSPS) is 11.4. The molecule has 0 aliphatic rings. The van der Waals surface area contributed by atoms with Gasteiger partial charge in [0.2, 0.25) is 5.89 Å². The van der Waals surface area contributed by atoms with Crippen molar-refractivity contribution < 1.29 is 33.1 Å². The number of aryl methyl sites for hydroxylation is 2. The van der Waals surface area contributed by atoms with Crippen molar-refractivity contribution in [3.05, 3.63) is 76.7 Å². The Kier molecular flexibility index (Phi) is 12.5. The van der Waals surface area contributed by atoms with Crippen LogP contribution in [0.1, 0.15) is 85.2 Å². The second-order valence-corrected chi connectivity index (χ2v) is 10.1. The summed E-state index contributed by atoms with van der Waals surface area (Å²) in [7, 11) is 0. The average Bonchev–Trinajstić information content (AvgIpc) is 3.39. The molecule has 9 heteroatoms. The topological polar surface area (TPSA) is 125 Å². The van der Waals surface area contributed by atoms with Crippen molar-refractivity contribution in [2.45, 2.75) is 67.3 Å². The number of benzene rings is 2. The molecule has 0 aliphatic heterocycles. The number of hydrogen-bond donors (Lipinski definition) is 1. The van der Waals surface area contributed by atoms with E-state index < -0.39 is 23.9 Å². The molecule has 3 rings (SSSR count). The summed E-state index contributed by atoms with van der Waals surface area (Å²) >= 11 is 0. The molecule has 1 heterocycles. The summed E-state index contributed by atoms with van der Waals surface area (Å²) in [6, 6.07) is 13.4. The molecule has 0 saturated carbocycles. The van der Waals surface area contributed by atoms with Gasteiger partial charge in [0.05, 0.1) is 13.2 Å². The van der Waals surface area contributed by atoms with Gasteiger partial charge in [-0.05, 0) is 52.0 Å². The number of carbonyl (C=O) groups is 4. The quantitative estimate of drug-likeness (QED) is 0.241. The van der Waals surface area contributed by atoms with Crippen molar-refractivity contribution in [1.29, 1.82) is 0 Å². The molecular weight excluding hydrogens is 524 g/mol. The number of ketones is 1. The van der Waals surface area contributed by atoms with Gasteiger partial charge in [-0.2, -0.15) is 0 Å². The highest BCUT2D eigenvalue weighted by atomic mass is 16.5. The maximum Gasteiger partial charge on any atom is 0.360 e. The Morgan fingerprint density at radius 3 is 1.85 bits per heavy atom. The third kappa shape index (κ3) is 9.41. The van der Waals surface area contributed by atoms with Gasteiger partial charge >= 0.3 is 11.9 Å². The fourth-order valence-electron chi connectivity index (χ4n) is 3.61. The van der Waals surface area contributed by atoms with Crippen LogP contribution in [0.15, 0.2) is 52.9 Å². The third-order valence-electron chi connectivity index (χ3n) is 5.91. The molecule has 1 amide bonds. The number of ether oxygens (including phenoxy) is 2. The van der Waals surface area contributed by atoms with Crippen LogP contribution in [0.25, 0.3) is 11.5 Å². The van der Waals surface area contributed by atoms with Gasteiger partial charge in [-0.3, -0.25) is 9.59 Å². The molecule has 220 valence electrons. The first-order valence-electron chi connectivity index (χ1n) is 13.7. The van der Waals surface area contributed by atoms with E-state index in [1.807, 2.05) is 52.0 Å². The number of esters is 2. The molecule has 9 nitrogen and oxygen atoms in total. The maximum atomic E-state index is 12.1. The number of rotatable bonds is 10. The lowest BCUT2D eigenvalue weighted by atomic mass is 10.0. The molecule has 0 saturated heterocycles. The fraction of sp³-hybridized carbons (Fsp3) is 0.406. The smallest absolute Gasteiger partial charge is 0.360 e. The molecule has 0 aliphatic carbocycles. The van der Waals surface area contributed by atoms with E-state index in [1.165, 1.54) is 0 Å². The van der Waals surface area contributed by atoms with E-state index in [1.54, 1.807) is 52.0 Å². The lowest BCUT2D eigenvalue weighted by molar-refractivity contribution is -0.149. The lowest BCUT2D eigenvalue weighted by Gasteiger charge is -2.18. The highest BCUT2D eigenvalue weighted by Crippen LogP contribution is 2.27. The molecule has 1 N–H and O–H groups in total. The highest BCUT2D eigenvalue weighted by molar-refractivity contribution is 6.08. The minimum atomic E-state index is -1.27. The van der Waals surface area contributed by atoms with Gasteiger partial charge in [0.1, 0.15) is 5.76 Å². The third-order valence-corrected chi connectivity index (χ3v) is 5.91. The van der Waals surface area contributed by atoms with Crippen LogP contribution < -0.4 is 5.32 Å². The molecule has 1 atom stereocenters. The van der Waals surface area contributed by atoms with Crippen LogP contribution in [0.4, 0.5) is 0 Å². The number of hydrogen-bond acceptors (Lipinski definition) is 8. The molecule has 0 spiro atoms. The number of aromatic nitrogens is 1. The molecular formula is C32H40N2O7. The van der Waals surface area contributed by atoms with Crippen molar-refractivity contribution in [3.63, 3.8) is 0 Å². The summed E-state index contributed by atoms with van der Waals surface area (Å²) in [5.74, 6) is -1.28. The lowest BCUT2D eigenvalue weighted by Crippen LogP contribution is -2.48.